The van der Waals surface area contributed by atoms with E-state index in [4.69, 9.17) is 0 Å². The highest BCUT2D eigenvalue weighted by Gasteiger charge is 2.14. The fourth-order valence-electron chi connectivity index (χ4n) is 2.50. The van der Waals surface area contributed by atoms with Crippen LogP contribution in [0.3, 0.4) is 0 Å². The summed E-state index contributed by atoms with van der Waals surface area (Å²) in [6, 6.07) is 2.10. The Kier molecular flexibility index (Phi) is 4.96. The van der Waals surface area contributed by atoms with Crippen LogP contribution in [0.2, 0.25) is 0 Å². The molecular formula is C14H24N4O. The topological polar surface area (TPSA) is 50.2 Å². The lowest BCUT2D eigenvalue weighted by Crippen LogP contribution is -2.34. The third kappa shape index (κ3) is 4.06. The fourth-order valence-corrected chi connectivity index (χ4v) is 2.50. The van der Waals surface area contributed by atoms with E-state index in [-0.39, 0.29) is 11.9 Å². The molecule has 5 nitrogen and oxygen atoms in total. The van der Waals surface area contributed by atoms with E-state index in [1.165, 1.54) is 25.7 Å². The predicted octanol–water partition coefficient (Wildman–Crippen LogP) is 2.28. The number of hydrogen-bond acceptors (Lipinski definition) is 3. The smallest absolute Gasteiger partial charge is 0.239 e. The Morgan fingerprint density at radius 3 is 2.63 bits per heavy atom. The second-order valence-corrected chi connectivity index (χ2v) is 5.49. The molecule has 1 aliphatic rings. The van der Waals surface area contributed by atoms with E-state index < -0.39 is 0 Å². The Labute approximate surface area is 115 Å². The standard InChI is InChI=1S/C14H24N4O/c1-12(2)18-13(7-8-15-18)16-14(19)11-17-9-5-3-4-6-10-17/h7-8,12H,3-6,9-11H2,1-2H3,(H,16,19). The highest BCUT2D eigenvalue weighted by Crippen LogP contribution is 2.13. The molecule has 0 bridgehead atoms. The van der Waals surface area contributed by atoms with Crippen LogP contribution in [0.5, 0.6) is 0 Å². The Balaban J connectivity index is 1.88. The van der Waals surface area contributed by atoms with Gasteiger partial charge in [0.25, 0.3) is 0 Å². The van der Waals surface area contributed by atoms with Gasteiger partial charge in [0.15, 0.2) is 0 Å². The summed E-state index contributed by atoms with van der Waals surface area (Å²) in [6.07, 6.45) is 6.71. The minimum atomic E-state index is 0.0595. The molecule has 1 N–H and O–H groups in total. The van der Waals surface area contributed by atoms with Crippen LogP contribution >= 0.6 is 0 Å². The summed E-state index contributed by atoms with van der Waals surface area (Å²) < 4.78 is 1.83. The molecule has 1 aromatic rings. The molecule has 1 aliphatic heterocycles. The Bertz CT molecular complexity index is 405. The highest BCUT2D eigenvalue weighted by atomic mass is 16.2. The monoisotopic (exact) mass is 264 g/mol. The van der Waals surface area contributed by atoms with Crippen LogP contribution in [0.15, 0.2) is 12.3 Å². The lowest BCUT2D eigenvalue weighted by atomic mass is 10.2. The first-order valence-electron chi connectivity index (χ1n) is 7.22. The zero-order chi connectivity index (χ0) is 13.7. The van der Waals surface area contributed by atoms with Gasteiger partial charge in [-0.25, -0.2) is 4.68 Å². The van der Waals surface area contributed by atoms with E-state index >= 15 is 0 Å². The number of amides is 1. The fraction of sp³-hybridized carbons (Fsp3) is 0.714. The van der Waals surface area contributed by atoms with E-state index in [2.05, 4.69) is 29.2 Å². The van der Waals surface area contributed by atoms with E-state index in [0.29, 0.717) is 6.54 Å². The number of nitrogens with zero attached hydrogens (tertiary/aromatic N) is 3. The lowest BCUT2D eigenvalue weighted by molar-refractivity contribution is -0.117. The zero-order valence-corrected chi connectivity index (χ0v) is 11.9. The molecule has 106 valence electrons. The number of carbonyl (C=O) groups is 1. The predicted molar refractivity (Wildman–Crippen MR) is 76.1 cm³/mol. The van der Waals surface area contributed by atoms with Crippen LogP contribution in [0.4, 0.5) is 5.82 Å². The molecule has 0 unspecified atom stereocenters. The van der Waals surface area contributed by atoms with Crippen molar-refractivity contribution in [2.45, 2.75) is 45.6 Å². The first kappa shape index (κ1) is 14.1. The van der Waals surface area contributed by atoms with Gasteiger partial charge in [-0.1, -0.05) is 12.8 Å². The van der Waals surface area contributed by atoms with Gasteiger partial charge < -0.3 is 5.32 Å². The first-order valence-corrected chi connectivity index (χ1v) is 7.22. The van der Waals surface area contributed by atoms with E-state index in [1.54, 1.807) is 6.20 Å². The van der Waals surface area contributed by atoms with Gasteiger partial charge in [-0.15, -0.1) is 0 Å². The molecule has 1 fully saturated rings. The van der Waals surface area contributed by atoms with Crippen LogP contribution in [0, 0.1) is 0 Å². The Hall–Kier alpha value is -1.36. The summed E-state index contributed by atoms with van der Waals surface area (Å²) in [7, 11) is 0. The lowest BCUT2D eigenvalue weighted by Gasteiger charge is -2.19. The molecule has 1 aromatic heterocycles. The third-order valence-electron chi connectivity index (χ3n) is 3.49. The summed E-state index contributed by atoms with van der Waals surface area (Å²) in [5.41, 5.74) is 0. The Morgan fingerprint density at radius 2 is 2.00 bits per heavy atom. The number of aromatic nitrogens is 2. The number of rotatable bonds is 4. The van der Waals surface area contributed by atoms with Crippen molar-refractivity contribution in [1.29, 1.82) is 0 Å². The van der Waals surface area contributed by atoms with Crippen LogP contribution < -0.4 is 5.32 Å². The first-order chi connectivity index (χ1) is 9.16. The second-order valence-electron chi connectivity index (χ2n) is 5.49. The summed E-state index contributed by atoms with van der Waals surface area (Å²) in [5.74, 6) is 0.846. The van der Waals surface area contributed by atoms with Crippen molar-refractivity contribution < 1.29 is 4.79 Å². The second kappa shape index (κ2) is 6.70. The quantitative estimate of drug-likeness (QED) is 0.907. The Morgan fingerprint density at radius 1 is 1.32 bits per heavy atom. The van der Waals surface area contributed by atoms with Gasteiger partial charge in [0.2, 0.25) is 5.91 Å². The molecular weight excluding hydrogens is 240 g/mol. The van der Waals surface area contributed by atoms with Gasteiger partial charge in [-0.2, -0.15) is 5.10 Å². The SMILES string of the molecule is CC(C)n1nccc1NC(=O)CN1CCCCCC1. The van der Waals surface area contributed by atoms with Gasteiger partial charge in [0, 0.05) is 12.1 Å². The highest BCUT2D eigenvalue weighted by molar-refractivity contribution is 5.91. The number of anilines is 1. The molecule has 2 heterocycles. The van der Waals surface area contributed by atoms with Crippen molar-refractivity contribution in [3.8, 4) is 0 Å². The number of carbonyl (C=O) groups excluding carboxylic acids is 1. The normalized spacial score (nSPS) is 17.4. The minimum Gasteiger partial charge on any atom is -0.310 e. The van der Waals surface area contributed by atoms with E-state index in [1.807, 2.05) is 10.7 Å². The van der Waals surface area contributed by atoms with Crippen LogP contribution in [0.25, 0.3) is 0 Å². The molecule has 1 amide bonds. The summed E-state index contributed by atoms with van der Waals surface area (Å²) in [4.78, 5) is 14.3. The molecule has 0 aliphatic carbocycles. The zero-order valence-electron chi connectivity index (χ0n) is 11.9. The van der Waals surface area contributed by atoms with Crippen molar-refractivity contribution >= 4 is 11.7 Å². The average Bonchev–Trinajstić information content (AvgIpc) is 2.66. The molecule has 0 aromatic carbocycles. The summed E-state index contributed by atoms with van der Waals surface area (Å²) in [5, 5.41) is 7.18. The van der Waals surface area contributed by atoms with Crippen molar-refractivity contribution in [3.63, 3.8) is 0 Å². The molecule has 19 heavy (non-hydrogen) atoms. The maximum Gasteiger partial charge on any atom is 0.239 e. The molecule has 5 heteroatoms. The van der Waals surface area contributed by atoms with Gasteiger partial charge in [-0.05, 0) is 39.8 Å². The van der Waals surface area contributed by atoms with Crippen LogP contribution in [-0.4, -0.2) is 40.2 Å². The third-order valence-corrected chi connectivity index (χ3v) is 3.49. The molecule has 0 atom stereocenters. The van der Waals surface area contributed by atoms with Crippen molar-refractivity contribution in [3.05, 3.63) is 12.3 Å². The summed E-state index contributed by atoms with van der Waals surface area (Å²) in [6.45, 7) is 6.67. The van der Waals surface area contributed by atoms with Crippen LogP contribution in [-0.2, 0) is 4.79 Å². The van der Waals surface area contributed by atoms with Crippen LogP contribution in [0.1, 0.15) is 45.6 Å². The van der Waals surface area contributed by atoms with Gasteiger partial charge >= 0.3 is 0 Å². The average molecular weight is 264 g/mol. The number of hydrogen-bond donors (Lipinski definition) is 1. The molecule has 2 rings (SSSR count). The number of nitrogens with one attached hydrogen (secondary N) is 1. The summed E-state index contributed by atoms with van der Waals surface area (Å²) >= 11 is 0. The van der Waals surface area contributed by atoms with Crippen molar-refractivity contribution in [1.82, 2.24) is 14.7 Å². The molecule has 1 saturated heterocycles. The van der Waals surface area contributed by atoms with E-state index in [9.17, 15) is 4.79 Å². The largest absolute Gasteiger partial charge is 0.310 e. The van der Waals surface area contributed by atoms with Crippen molar-refractivity contribution in [2.24, 2.45) is 0 Å². The molecule has 0 saturated carbocycles. The molecule has 0 radical (unpaired) electrons. The molecule has 0 spiro atoms. The van der Waals surface area contributed by atoms with Gasteiger partial charge in [0.1, 0.15) is 5.82 Å². The van der Waals surface area contributed by atoms with Crippen molar-refractivity contribution in [2.75, 3.05) is 25.0 Å². The maximum atomic E-state index is 12.1. The van der Waals surface area contributed by atoms with E-state index in [0.717, 1.165) is 18.9 Å². The number of likely N-dealkylation sites (tertiary alicyclic amines) is 1. The maximum absolute atomic E-state index is 12.1. The van der Waals surface area contributed by atoms with Gasteiger partial charge in [0.05, 0.1) is 12.7 Å². The minimum absolute atomic E-state index is 0.0595. The van der Waals surface area contributed by atoms with Gasteiger partial charge in [-0.3, -0.25) is 9.69 Å².